The second-order valence-electron chi connectivity index (χ2n) is 5.11. The van der Waals surface area contributed by atoms with E-state index in [0.717, 1.165) is 12.8 Å². The Bertz CT molecular complexity index is 667. The Morgan fingerprint density at radius 2 is 1.95 bits per heavy atom. The number of para-hydroxylation sites is 1. The van der Waals surface area contributed by atoms with Crippen molar-refractivity contribution < 1.29 is 9.59 Å². The average Bonchev–Trinajstić information content (AvgIpc) is 3.19. The molecule has 3 amide bonds. The van der Waals surface area contributed by atoms with Gasteiger partial charge in [-0.05, 0) is 25.0 Å². The van der Waals surface area contributed by atoms with E-state index in [9.17, 15) is 9.59 Å². The number of hydrogen-bond acceptors (Lipinski definition) is 4. The molecule has 0 spiro atoms. The van der Waals surface area contributed by atoms with Gasteiger partial charge in [0.1, 0.15) is 0 Å². The molecule has 0 radical (unpaired) electrons. The molecule has 0 aliphatic heterocycles. The van der Waals surface area contributed by atoms with E-state index in [1.807, 2.05) is 18.2 Å². The number of thiazole rings is 1. The van der Waals surface area contributed by atoms with Crippen molar-refractivity contribution in [3.8, 4) is 0 Å². The first kappa shape index (κ1) is 14.5. The van der Waals surface area contributed by atoms with E-state index in [0.29, 0.717) is 22.6 Å². The molecule has 0 atom stereocenters. The van der Waals surface area contributed by atoms with Crippen molar-refractivity contribution in [2.45, 2.75) is 25.3 Å². The molecule has 0 bridgehead atoms. The maximum Gasteiger partial charge on any atom is 0.325 e. The molecule has 22 heavy (non-hydrogen) atoms. The predicted octanol–water partition coefficient (Wildman–Crippen LogP) is 2.61. The van der Waals surface area contributed by atoms with Gasteiger partial charge in [-0.15, -0.1) is 11.3 Å². The van der Waals surface area contributed by atoms with Crippen LogP contribution in [0.25, 0.3) is 0 Å². The summed E-state index contributed by atoms with van der Waals surface area (Å²) in [7, 11) is 0. The second kappa shape index (κ2) is 6.57. The van der Waals surface area contributed by atoms with Gasteiger partial charge < -0.3 is 10.6 Å². The van der Waals surface area contributed by atoms with Gasteiger partial charge in [0.15, 0.2) is 5.13 Å². The van der Waals surface area contributed by atoms with E-state index < -0.39 is 0 Å². The van der Waals surface area contributed by atoms with Crippen molar-refractivity contribution in [1.29, 1.82) is 0 Å². The van der Waals surface area contributed by atoms with Crippen LogP contribution in [-0.4, -0.2) is 23.0 Å². The van der Waals surface area contributed by atoms with Crippen LogP contribution >= 0.6 is 11.3 Å². The summed E-state index contributed by atoms with van der Waals surface area (Å²) in [5, 5.41) is 10.5. The summed E-state index contributed by atoms with van der Waals surface area (Å²) in [6, 6.07) is 9.16. The van der Waals surface area contributed by atoms with E-state index in [1.165, 1.54) is 11.3 Å². The Morgan fingerprint density at radius 1 is 1.18 bits per heavy atom. The molecule has 3 rings (SSSR count). The van der Waals surface area contributed by atoms with E-state index in [-0.39, 0.29) is 18.4 Å². The lowest BCUT2D eigenvalue weighted by molar-refractivity contribution is -0.120. The van der Waals surface area contributed by atoms with Gasteiger partial charge in [0.25, 0.3) is 0 Å². The van der Waals surface area contributed by atoms with Gasteiger partial charge in [-0.1, -0.05) is 18.2 Å². The summed E-state index contributed by atoms with van der Waals surface area (Å²) in [5.41, 5.74) is 1.37. The Labute approximate surface area is 132 Å². The fraction of sp³-hybridized carbons (Fsp3) is 0.267. The van der Waals surface area contributed by atoms with Gasteiger partial charge in [-0.25, -0.2) is 9.78 Å². The van der Waals surface area contributed by atoms with Crippen LogP contribution in [0.2, 0.25) is 0 Å². The first-order chi connectivity index (χ1) is 10.7. The Morgan fingerprint density at radius 3 is 2.68 bits per heavy atom. The van der Waals surface area contributed by atoms with Gasteiger partial charge >= 0.3 is 6.03 Å². The number of benzene rings is 1. The number of carbonyl (C=O) groups is 2. The lowest BCUT2D eigenvalue weighted by atomic mass is 10.3. The highest BCUT2D eigenvalue weighted by molar-refractivity contribution is 7.13. The molecule has 1 heterocycles. The van der Waals surface area contributed by atoms with E-state index in [4.69, 9.17) is 0 Å². The average molecular weight is 316 g/mol. The zero-order valence-electron chi connectivity index (χ0n) is 11.8. The first-order valence-electron chi connectivity index (χ1n) is 7.06. The lowest BCUT2D eigenvalue weighted by Gasteiger charge is -2.04. The normalized spacial score (nSPS) is 13.5. The maximum absolute atomic E-state index is 11.8. The third-order valence-electron chi connectivity index (χ3n) is 3.09. The number of hydrogen-bond donors (Lipinski definition) is 3. The van der Waals surface area contributed by atoms with Crippen molar-refractivity contribution in [1.82, 2.24) is 10.3 Å². The molecule has 0 saturated heterocycles. The molecule has 1 saturated carbocycles. The van der Waals surface area contributed by atoms with E-state index in [2.05, 4.69) is 20.9 Å². The molecule has 1 aromatic heterocycles. The highest BCUT2D eigenvalue weighted by Crippen LogP contribution is 2.20. The fourth-order valence-corrected chi connectivity index (χ4v) is 2.60. The number of nitrogens with zero attached hydrogens (tertiary/aromatic N) is 1. The largest absolute Gasteiger partial charge is 0.353 e. The number of aromatic nitrogens is 1. The minimum Gasteiger partial charge on any atom is -0.353 e. The third kappa shape index (κ3) is 4.29. The van der Waals surface area contributed by atoms with E-state index >= 15 is 0 Å². The topological polar surface area (TPSA) is 83.1 Å². The molecule has 7 heteroatoms. The summed E-state index contributed by atoms with van der Waals surface area (Å²) >= 11 is 1.30. The van der Waals surface area contributed by atoms with Gasteiger partial charge in [-0.2, -0.15) is 0 Å². The van der Waals surface area contributed by atoms with Gasteiger partial charge in [0, 0.05) is 17.1 Å². The highest BCUT2D eigenvalue weighted by Gasteiger charge is 2.23. The molecule has 1 aliphatic carbocycles. The molecule has 0 unspecified atom stereocenters. The molecule has 1 fully saturated rings. The number of urea groups is 1. The van der Waals surface area contributed by atoms with Crippen molar-refractivity contribution in [2.75, 3.05) is 10.6 Å². The van der Waals surface area contributed by atoms with Gasteiger partial charge in [-0.3, -0.25) is 10.1 Å². The molecule has 3 N–H and O–H groups in total. The van der Waals surface area contributed by atoms with Crippen LogP contribution in [0.4, 0.5) is 15.6 Å². The summed E-state index contributed by atoms with van der Waals surface area (Å²) < 4.78 is 0. The number of carbonyl (C=O) groups excluding carboxylic acids is 2. The van der Waals surface area contributed by atoms with Crippen molar-refractivity contribution >= 4 is 34.1 Å². The quantitative estimate of drug-likeness (QED) is 0.793. The van der Waals surface area contributed by atoms with Crippen molar-refractivity contribution in [2.24, 2.45) is 0 Å². The standard InChI is InChI=1S/C15H16N4O2S/c20-13(16-11-6-7-11)8-12-9-22-15(18-12)19-14(21)17-10-4-2-1-3-5-10/h1-5,9,11H,6-8H2,(H,16,20)(H2,17,18,19,21). The number of amides is 3. The van der Waals surface area contributed by atoms with Crippen LogP contribution in [0.15, 0.2) is 35.7 Å². The highest BCUT2D eigenvalue weighted by atomic mass is 32.1. The summed E-state index contributed by atoms with van der Waals surface area (Å²) in [4.78, 5) is 27.8. The number of anilines is 2. The van der Waals surface area contributed by atoms with Gasteiger partial charge in [0.2, 0.25) is 5.91 Å². The van der Waals surface area contributed by atoms with Crippen LogP contribution in [0.3, 0.4) is 0 Å². The van der Waals surface area contributed by atoms with Crippen LogP contribution in [0.1, 0.15) is 18.5 Å². The minimum atomic E-state index is -0.352. The van der Waals surface area contributed by atoms with Crippen molar-refractivity contribution in [3.63, 3.8) is 0 Å². The molecular formula is C15H16N4O2S. The molecule has 114 valence electrons. The SMILES string of the molecule is O=C(Cc1csc(NC(=O)Nc2ccccc2)n1)NC1CC1. The Hall–Kier alpha value is -2.41. The smallest absolute Gasteiger partial charge is 0.325 e. The first-order valence-corrected chi connectivity index (χ1v) is 7.94. The van der Waals surface area contributed by atoms with Crippen LogP contribution in [0.5, 0.6) is 0 Å². The molecule has 1 aliphatic rings. The summed E-state index contributed by atoms with van der Waals surface area (Å²) in [5.74, 6) is -0.0203. The Kier molecular flexibility index (Phi) is 4.34. The van der Waals surface area contributed by atoms with E-state index in [1.54, 1.807) is 17.5 Å². The lowest BCUT2D eigenvalue weighted by Crippen LogP contribution is -2.27. The van der Waals surface area contributed by atoms with Crippen LogP contribution in [0, 0.1) is 0 Å². The van der Waals surface area contributed by atoms with Crippen LogP contribution < -0.4 is 16.0 Å². The number of nitrogens with one attached hydrogen (secondary N) is 3. The molecule has 2 aromatic rings. The summed E-state index contributed by atoms with van der Waals surface area (Å²) in [6.07, 6.45) is 2.37. The van der Waals surface area contributed by atoms with Crippen LogP contribution in [-0.2, 0) is 11.2 Å². The summed E-state index contributed by atoms with van der Waals surface area (Å²) in [6.45, 7) is 0. The predicted molar refractivity (Wildman–Crippen MR) is 86.1 cm³/mol. The Balaban J connectivity index is 1.50. The molecular weight excluding hydrogens is 300 g/mol. The fourth-order valence-electron chi connectivity index (χ4n) is 1.90. The third-order valence-corrected chi connectivity index (χ3v) is 3.89. The second-order valence-corrected chi connectivity index (χ2v) is 5.97. The maximum atomic E-state index is 11.8. The monoisotopic (exact) mass is 316 g/mol. The zero-order chi connectivity index (χ0) is 15.4. The molecule has 6 nitrogen and oxygen atoms in total. The molecule has 1 aromatic carbocycles. The van der Waals surface area contributed by atoms with Gasteiger partial charge in [0.05, 0.1) is 12.1 Å². The zero-order valence-corrected chi connectivity index (χ0v) is 12.7. The van der Waals surface area contributed by atoms with Crippen molar-refractivity contribution in [3.05, 3.63) is 41.4 Å². The minimum absolute atomic E-state index is 0.0203. The number of rotatable bonds is 5.